The zero-order valence-electron chi connectivity index (χ0n) is 38.8. The van der Waals surface area contributed by atoms with Gasteiger partial charge in [-0.2, -0.15) is 0 Å². The van der Waals surface area contributed by atoms with Crippen LogP contribution in [0.2, 0.25) is 0 Å². The first-order chi connectivity index (χ1) is 34.8. The van der Waals surface area contributed by atoms with Crippen LogP contribution in [0.1, 0.15) is 78.2 Å². The van der Waals surface area contributed by atoms with Crippen LogP contribution >= 0.6 is 0 Å². The Morgan fingerprint density at radius 3 is 1.34 bits per heavy atom. The van der Waals surface area contributed by atoms with Gasteiger partial charge in [-0.05, 0) is 97.5 Å². The van der Waals surface area contributed by atoms with E-state index in [1.165, 1.54) is 60.7 Å². The first-order valence-electron chi connectivity index (χ1n) is 22.3. The molecule has 2 aliphatic rings. The number of guanidine groups is 2. The molecule has 2 aliphatic heterocycles. The molecular weight excluding hydrogens is 961 g/mol. The lowest BCUT2D eigenvalue weighted by Gasteiger charge is -2.30. The number of aliphatic imine (C=N–C) groups is 2. The van der Waals surface area contributed by atoms with Crippen molar-refractivity contribution in [2.75, 3.05) is 39.5 Å². The number of aliphatic carboxylic acids is 4. The molecule has 0 saturated carbocycles. The molecule has 0 bridgehead atoms. The summed E-state index contributed by atoms with van der Waals surface area (Å²) in [6.07, 6.45) is -1.01. The first-order valence-corrected chi connectivity index (χ1v) is 22.3. The average molecular weight is 1010 g/mol. The molecule has 2 atom stereocenters. The molecule has 2 heterocycles. The van der Waals surface area contributed by atoms with E-state index in [0.717, 1.165) is 0 Å². The molecule has 2 amide bonds. The van der Waals surface area contributed by atoms with E-state index in [1.54, 1.807) is 12.1 Å². The minimum atomic E-state index is -2.00. The maximum absolute atomic E-state index is 14.5. The Morgan fingerprint density at radius 2 is 0.986 bits per heavy atom. The highest BCUT2D eigenvalue weighted by Crippen LogP contribution is 2.37. The number of rotatable bonds is 18. The van der Waals surface area contributed by atoms with Gasteiger partial charge in [0, 0.05) is 13.1 Å². The number of hydrogen-bond acceptors (Lipinski definition) is 15. The molecule has 0 radical (unpaired) electrons. The highest BCUT2D eigenvalue weighted by molar-refractivity contribution is 6.02. The molecule has 4 aromatic carbocycles. The number of fused-ring (bicyclic) bond motifs is 4. The van der Waals surface area contributed by atoms with Crippen LogP contribution in [-0.2, 0) is 36.8 Å². The number of carboxylic acids is 4. The number of para-hydroxylation sites is 2. The van der Waals surface area contributed by atoms with Crippen LogP contribution in [0.15, 0.2) is 82.8 Å². The van der Waals surface area contributed by atoms with Crippen LogP contribution in [0.4, 0.5) is 11.4 Å². The maximum atomic E-state index is 14.5. The number of ether oxygens (including phenoxy) is 5. The molecule has 0 spiro atoms. The smallest absolute Gasteiger partial charge is 0.343 e. The van der Waals surface area contributed by atoms with Crippen molar-refractivity contribution in [2.45, 2.75) is 50.6 Å². The van der Waals surface area contributed by atoms with E-state index >= 15 is 0 Å². The molecule has 25 nitrogen and oxygen atoms in total. The molecule has 384 valence electrons. The summed E-state index contributed by atoms with van der Waals surface area (Å²) in [5.41, 5.74) is 23.6. The van der Waals surface area contributed by atoms with Gasteiger partial charge in [0.1, 0.15) is 12.1 Å². The zero-order chi connectivity index (χ0) is 52.9. The number of carbonyl (C=O) groups excluding carboxylic acids is 4. The molecule has 0 aromatic heterocycles. The number of nitrogens with two attached hydrogens (primary N) is 4. The van der Waals surface area contributed by atoms with E-state index < -0.39 is 98.9 Å². The van der Waals surface area contributed by atoms with Gasteiger partial charge in [0.25, 0.3) is 11.8 Å². The summed E-state index contributed by atoms with van der Waals surface area (Å²) in [4.78, 5) is 115. The van der Waals surface area contributed by atoms with Crippen LogP contribution < -0.4 is 41.9 Å². The molecule has 6 rings (SSSR count). The first kappa shape index (κ1) is 53.1. The van der Waals surface area contributed by atoms with E-state index in [1.807, 2.05) is 0 Å². The quantitative estimate of drug-likeness (QED) is 0.0232. The van der Waals surface area contributed by atoms with Crippen LogP contribution in [-0.4, -0.2) is 141 Å². The number of benzene rings is 4. The lowest BCUT2D eigenvalue weighted by atomic mass is 10.0. The summed E-state index contributed by atoms with van der Waals surface area (Å²) < 4.78 is 29.1. The van der Waals surface area contributed by atoms with Gasteiger partial charge in [0.15, 0.2) is 34.9 Å². The van der Waals surface area contributed by atoms with E-state index in [-0.39, 0.29) is 83.2 Å². The summed E-state index contributed by atoms with van der Waals surface area (Å²) in [6.45, 7) is -2.42. The Balaban J connectivity index is 1.24. The van der Waals surface area contributed by atoms with Crippen molar-refractivity contribution >= 4 is 70.9 Å². The molecule has 2 unspecified atom stereocenters. The Kier molecular flexibility index (Phi) is 17.5. The number of hydrogen-bond donors (Lipinski definition) is 8. The van der Waals surface area contributed by atoms with Crippen molar-refractivity contribution in [3.05, 3.63) is 106 Å². The third-order valence-corrected chi connectivity index (χ3v) is 11.2. The fraction of sp³-hybridized carbons (Fsp3) is 0.292. The van der Waals surface area contributed by atoms with Crippen molar-refractivity contribution in [3.63, 3.8) is 0 Å². The second kappa shape index (κ2) is 24.0. The molecule has 12 N–H and O–H groups in total. The molecule has 0 aliphatic carbocycles. The Morgan fingerprint density at radius 1 is 0.589 bits per heavy atom. The van der Waals surface area contributed by atoms with Gasteiger partial charge >= 0.3 is 35.8 Å². The number of aryl methyl sites for hydroxylation is 2. The molecule has 4 aromatic rings. The van der Waals surface area contributed by atoms with Gasteiger partial charge in [0.2, 0.25) is 0 Å². The van der Waals surface area contributed by atoms with Crippen LogP contribution in [0, 0.1) is 0 Å². The van der Waals surface area contributed by atoms with E-state index in [4.69, 9.17) is 46.6 Å². The number of carboxylic acid groups (broad SMARTS) is 4. The second-order valence-corrected chi connectivity index (χ2v) is 16.2. The summed E-state index contributed by atoms with van der Waals surface area (Å²) in [6, 6.07) is 13.0. The Hall–Kier alpha value is -9.26. The SMILES string of the molecule is NC(N)=Nc1ccc2c(c1)CCCOc1c(cccc1C(=O)N(CCOCCN(C(=O)c1cccc3c1OCCCc1cc(N=C(N)N)ccc1C(=O)O3)C(CC(=O)O)C(=O)O)C(CC(=O)O)C(=O)O)OC2=O. The normalized spacial score (nSPS) is 13.9. The summed E-state index contributed by atoms with van der Waals surface area (Å²) in [7, 11) is 0. The Bertz CT molecular complexity index is 2690. The predicted molar refractivity (Wildman–Crippen MR) is 255 cm³/mol. The fourth-order valence-electron chi connectivity index (χ4n) is 7.95. The Labute approximate surface area is 414 Å². The number of nitrogens with zero attached hydrogens (tertiary/aromatic N) is 4. The van der Waals surface area contributed by atoms with E-state index in [2.05, 4.69) is 9.98 Å². The minimum Gasteiger partial charge on any atom is -0.489 e. The maximum Gasteiger partial charge on any atom is 0.343 e. The van der Waals surface area contributed by atoms with Crippen LogP contribution in [0.5, 0.6) is 23.0 Å². The fourth-order valence-corrected chi connectivity index (χ4v) is 7.95. The van der Waals surface area contributed by atoms with E-state index in [9.17, 15) is 58.8 Å². The zero-order valence-corrected chi connectivity index (χ0v) is 38.8. The van der Waals surface area contributed by atoms with Gasteiger partial charge in [0.05, 0.1) is 72.9 Å². The number of amides is 2. The second-order valence-electron chi connectivity index (χ2n) is 16.2. The van der Waals surface area contributed by atoms with Crippen molar-refractivity contribution in [3.8, 4) is 23.0 Å². The number of esters is 2. The average Bonchev–Trinajstić information content (AvgIpc) is 3.32. The lowest BCUT2D eigenvalue weighted by Crippen LogP contribution is -2.49. The number of carbonyl (C=O) groups is 8. The van der Waals surface area contributed by atoms with E-state index in [0.29, 0.717) is 45.1 Å². The molecule has 0 fully saturated rings. The predicted octanol–water partition coefficient (Wildman–Crippen LogP) is 2.04. The van der Waals surface area contributed by atoms with Gasteiger partial charge in [-0.25, -0.2) is 29.2 Å². The van der Waals surface area contributed by atoms with Crippen LogP contribution in [0.25, 0.3) is 0 Å². The van der Waals surface area contributed by atoms with Crippen molar-refractivity contribution in [1.29, 1.82) is 0 Å². The largest absolute Gasteiger partial charge is 0.489 e. The van der Waals surface area contributed by atoms with Gasteiger partial charge < -0.3 is 76.8 Å². The third-order valence-electron chi connectivity index (χ3n) is 11.2. The summed E-state index contributed by atoms with van der Waals surface area (Å²) >= 11 is 0. The lowest BCUT2D eigenvalue weighted by molar-refractivity contribution is -0.149. The topological polar surface area (TPSA) is 399 Å². The standard InChI is InChI=1S/C48H50N8O17/c49-47(50)53-27-11-13-29-25(21-27)5-3-17-70-39-31(7-1-9-35(39)72-45(29)67)41(61)55(33(43(63)64)23-37(57)58)15-19-69-20-16-56(34(44(65)66)24-38(59)60)42(62)32-8-2-10-36-40(32)71-18-4-6-26-22-28(54-48(51)52)12-14-30(26)46(68)73-36/h1-2,7-14,21-22,33-34H,3-6,15-20,23-24H2,(H,57,58)(H,59,60)(H,63,64)(H,65,66)(H4,49,50,53)(H4,51,52,54). The molecule has 73 heavy (non-hydrogen) atoms. The third kappa shape index (κ3) is 13.5. The molecule has 25 heteroatoms. The summed E-state index contributed by atoms with van der Waals surface area (Å²) in [5, 5.41) is 39.9. The molecular formula is C48H50N8O17. The highest BCUT2D eigenvalue weighted by Gasteiger charge is 2.37. The summed E-state index contributed by atoms with van der Waals surface area (Å²) in [5.74, 6) is -11.7. The molecule has 0 saturated heterocycles. The van der Waals surface area contributed by atoms with Crippen molar-refractivity contribution < 1.29 is 82.5 Å². The van der Waals surface area contributed by atoms with Gasteiger partial charge in [-0.1, -0.05) is 12.1 Å². The monoisotopic (exact) mass is 1010 g/mol. The minimum absolute atomic E-state index is 0.0447. The van der Waals surface area contributed by atoms with Crippen LogP contribution in [0.3, 0.4) is 0 Å². The van der Waals surface area contributed by atoms with Gasteiger partial charge in [-0.3, -0.25) is 19.2 Å². The van der Waals surface area contributed by atoms with Gasteiger partial charge in [-0.15, -0.1) is 0 Å². The highest BCUT2D eigenvalue weighted by atomic mass is 16.6. The van der Waals surface area contributed by atoms with Crippen molar-refractivity contribution in [2.24, 2.45) is 32.9 Å². The van der Waals surface area contributed by atoms with Crippen molar-refractivity contribution in [1.82, 2.24) is 9.80 Å².